The van der Waals surface area contributed by atoms with E-state index in [4.69, 9.17) is 22.4 Å². The number of nitrogens with one attached hydrogen (secondary N) is 1. The lowest BCUT2D eigenvalue weighted by Gasteiger charge is -2.07. The minimum Gasteiger partial charge on any atom is -0.478 e. The molecule has 6 nitrogen and oxygen atoms in total. The molecule has 0 heterocycles. The maximum Gasteiger partial charge on any atom is 0.335 e. The largest absolute Gasteiger partial charge is 0.478 e. The van der Waals surface area contributed by atoms with Crippen LogP contribution in [0.2, 0.25) is 5.02 Å². The number of nitrogens with two attached hydrogens (primary N) is 1. The Morgan fingerprint density at radius 1 is 1.35 bits per heavy atom. The highest BCUT2D eigenvalue weighted by atomic mass is 35.5. The summed E-state index contributed by atoms with van der Waals surface area (Å²) in [5.41, 5.74) is 5.36. The van der Waals surface area contributed by atoms with Crippen LogP contribution in [0.4, 0.5) is 5.69 Å². The number of carbonyl (C=O) groups is 3. The predicted octanol–water partition coefficient (Wildman–Crippen LogP) is 1.59. The summed E-state index contributed by atoms with van der Waals surface area (Å²) in [5.74, 6) is -1.16. The number of benzene rings is 1. The molecule has 8 heteroatoms. The average Bonchev–Trinajstić information content (AvgIpc) is 2.36. The molecule has 1 aromatic rings. The van der Waals surface area contributed by atoms with Crippen molar-refractivity contribution in [1.29, 1.82) is 0 Å². The number of hydrogen-bond donors (Lipinski definition) is 3. The molecule has 0 spiro atoms. The van der Waals surface area contributed by atoms with Gasteiger partial charge in [-0.05, 0) is 18.2 Å². The Bertz CT molecular complexity index is 536. The van der Waals surface area contributed by atoms with E-state index >= 15 is 0 Å². The fraction of sp³-hybridized carbons (Fsp3) is 0.250. The number of hydrogen-bond acceptors (Lipinski definition) is 4. The zero-order chi connectivity index (χ0) is 15.1. The van der Waals surface area contributed by atoms with Gasteiger partial charge in [-0.15, -0.1) is 0 Å². The van der Waals surface area contributed by atoms with Gasteiger partial charge in [0.15, 0.2) is 0 Å². The number of rotatable bonds is 7. The summed E-state index contributed by atoms with van der Waals surface area (Å²) in [4.78, 5) is 32.8. The van der Waals surface area contributed by atoms with Crippen molar-refractivity contribution in [3.63, 3.8) is 0 Å². The highest BCUT2D eigenvalue weighted by Crippen LogP contribution is 2.23. The Hall–Kier alpha value is -1.73. The minimum absolute atomic E-state index is 0.0463. The van der Waals surface area contributed by atoms with Crippen molar-refractivity contribution in [1.82, 2.24) is 0 Å². The molecule has 4 N–H and O–H groups in total. The molecule has 0 atom stereocenters. The van der Waals surface area contributed by atoms with Gasteiger partial charge in [0, 0.05) is 12.2 Å². The first-order chi connectivity index (χ1) is 9.40. The molecule has 2 amide bonds. The van der Waals surface area contributed by atoms with Crippen LogP contribution >= 0.6 is 23.4 Å². The van der Waals surface area contributed by atoms with E-state index in [1.54, 1.807) is 0 Å². The van der Waals surface area contributed by atoms with Crippen LogP contribution in [0.5, 0.6) is 0 Å². The molecule has 1 aromatic carbocycles. The molecule has 0 saturated heterocycles. The second kappa shape index (κ2) is 7.76. The van der Waals surface area contributed by atoms with Crippen molar-refractivity contribution in [3.8, 4) is 0 Å². The lowest BCUT2D eigenvalue weighted by atomic mass is 10.2. The van der Waals surface area contributed by atoms with Gasteiger partial charge >= 0.3 is 5.97 Å². The third-order valence-electron chi connectivity index (χ3n) is 2.21. The molecule has 0 unspecified atom stereocenters. The Balaban J connectivity index is 2.50. The van der Waals surface area contributed by atoms with Gasteiger partial charge in [0.05, 0.1) is 22.0 Å². The van der Waals surface area contributed by atoms with Gasteiger partial charge < -0.3 is 16.2 Å². The summed E-state index contributed by atoms with van der Waals surface area (Å²) >= 11 is 7.14. The molecule has 0 bridgehead atoms. The van der Waals surface area contributed by atoms with Gasteiger partial charge in [0.25, 0.3) is 0 Å². The number of carbonyl (C=O) groups excluding carboxylic acids is 2. The molecule has 0 aromatic heterocycles. The normalized spacial score (nSPS) is 10.1. The number of thioether (sulfide) groups is 1. The van der Waals surface area contributed by atoms with E-state index in [9.17, 15) is 14.4 Å². The summed E-state index contributed by atoms with van der Waals surface area (Å²) < 4.78 is 0. The molecule has 1 rings (SSSR count). The van der Waals surface area contributed by atoms with E-state index < -0.39 is 11.9 Å². The third-order valence-corrected chi connectivity index (χ3v) is 3.50. The summed E-state index contributed by atoms with van der Waals surface area (Å²) in [6.45, 7) is 0. The van der Waals surface area contributed by atoms with Crippen LogP contribution in [0.25, 0.3) is 0 Å². The van der Waals surface area contributed by atoms with Crippen LogP contribution in [0.3, 0.4) is 0 Å². The van der Waals surface area contributed by atoms with Gasteiger partial charge in [-0.1, -0.05) is 11.6 Å². The molecule has 0 radical (unpaired) electrons. The number of primary amides is 1. The maximum atomic E-state index is 11.6. The van der Waals surface area contributed by atoms with Gasteiger partial charge in [0.1, 0.15) is 0 Å². The van der Waals surface area contributed by atoms with Crippen molar-refractivity contribution in [2.24, 2.45) is 5.73 Å². The fourth-order valence-electron chi connectivity index (χ4n) is 1.30. The zero-order valence-corrected chi connectivity index (χ0v) is 12.0. The van der Waals surface area contributed by atoms with Gasteiger partial charge in [0.2, 0.25) is 11.8 Å². The van der Waals surface area contributed by atoms with E-state index in [-0.39, 0.29) is 28.7 Å². The first-order valence-electron chi connectivity index (χ1n) is 5.59. The van der Waals surface area contributed by atoms with E-state index in [1.807, 2.05) is 0 Å². The van der Waals surface area contributed by atoms with Gasteiger partial charge in [-0.25, -0.2) is 4.79 Å². The Morgan fingerprint density at radius 3 is 2.60 bits per heavy atom. The summed E-state index contributed by atoms with van der Waals surface area (Å²) in [5, 5.41) is 11.5. The highest BCUT2D eigenvalue weighted by molar-refractivity contribution is 7.99. The second-order valence-electron chi connectivity index (χ2n) is 3.82. The van der Waals surface area contributed by atoms with Crippen molar-refractivity contribution in [2.45, 2.75) is 6.42 Å². The summed E-state index contributed by atoms with van der Waals surface area (Å²) in [7, 11) is 0. The van der Waals surface area contributed by atoms with Crippen molar-refractivity contribution >= 4 is 46.8 Å². The molecule has 20 heavy (non-hydrogen) atoms. The lowest BCUT2D eigenvalue weighted by molar-refractivity contribution is -0.116. The van der Waals surface area contributed by atoms with Gasteiger partial charge in [-0.2, -0.15) is 11.8 Å². The van der Waals surface area contributed by atoms with Crippen LogP contribution in [0.15, 0.2) is 18.2 Å². The molecule has 0 aliphatic rings. The SMILES string of the molecule is NC(=O)CSCCC(=O)Nc1ccc(C(=O)O)cc1Cl. The Labute approximate surface area is 124 Å². The Morgan fingerprint density at radius 2 is 2.05 bits per heavy atom. The van der Waals surface area contributed by atoms with Gasteiger partial charge in [-0.3, -0.25) is 9.59 Å². The smallest absolute Gasteiger partial charge is 0.335 e. The first kappa shape index (κ1) is 16.3. The number of amides is 2. The third kappa shape index (κ3) is 5.50. The van der Waals surface area contributed by atoms with Crippen LogP contribution in [-0.4, -0.2) is 34.4 Å². The van der Waals surface area contributed by atoms with E-state index in [2.05, 4.69) is 5.32 Å². The van der Waals surface area contributed by atoms with E-state index in [1.165, 1.54) is 30.0 Å². The summed E-state index contributed by atoms with van der Waals surface area (Å²) in [6, 6.07) is 4.05. The van der Waals surface area contributed by atoms with Crippen LogP contribution < -0.4 is 11.1 Å². The van der Waals surface area contributed by atoms with Crippen molar-refractivity contribution < 1.29 is 19.5 Å². The predicted molar refractivity (Wildman–Crippen MR) is 78.2 cm³/mol. The number of carboxylic acids is 1. The highest BCUT2D eigenvalue weighted by Gasteiger charge is 2.09. The second-order valence-corrected chi connectivity index (χ2v) is 5.33. The standard InChI is InChI=1S/C12H13ClN2O4S/c13-8-5-7(12(18)19)1-2-9(8)15-11(17)3-4-20-6-10(14)16/h1-2,5H,3-4,6H2,(H2,14,16)(H,15,17)(H,18,19). The molecular weight excluding hydrogens is 304 g/mol. The monoisotopic (exact) mass is 316 g/mol. The maximum absolute atomic E-state index is 11.6. The topological polar surface area (TPSA) is 109 Å². The Kier molecular flexibility index (Phi) is 6.33. The molecule has 0 aliphatic heterocycles. The van der Waals surface area contributed by atoms with Crippen LogP contribution in [-0.2, 0) is 9.59 Å². The molecular formula is C12H13ClN2O4S. The first-order valence-corrected chi connectivity index (χ1v) is 7.12. The van der Waals surface area contributed by atoms with Crippen molar-refractivity contribution in [2.75, 3.05) is 16.8 Å². The number of halogens is 1. The summed E-state index contributed by atoms with van der Waals surface area (Å²) in [6.07, 6.45) is 0.203. The molecule has 108 valence electrons. The quantitative estimate of drug-likeness (QED) is 0.662. The van der Waals surface area contributed by atoms with Crippen molar-refractivity contribution in [3.05, 3.63) is 28.8 Å². The molecule has 0 fully saturated rings. The fourth-order valence-corrected chi connectivity index (χ4v) is 2.20. The lowest BCUT2D eigenvalue weighted by Crippen LogP contribution is -2.16. The minimum atomic E-state index is -1.09. The molecule has 0 saturated carbocycles. The number of aromatic carboxylic acids is 1. The van der Waals surface area contributed by atoms with E-state index in [0.29, 0.717) is 11.4 Å². The van der Waals surface area contributed by atoms with Crippen LogP contribution in [0, 0.1) is 0 Å². The zero-order valence-electron chi connectivity index (χ0n) is 10.4. The number of anilines is 1. The average molecular weight is 317 g/mol. The number of carboxylic acid groups (broad SMARTS) is 1. The van der Waals surface area contributed by atoms with E-state index in [0.717, 1.165) is 0 Å². The van der Waals surface area contributed by atoms with Crippen LogP contribution in [0.1, 0.15) is 16.8 Å². The molecule has 0 aliphatic carbocycles.